The maximum atomic E-state index is 2.48. The van der Waals surface area contributed by atoms with Gasteiger partial charge in [-0.2, -0.15) is 0 Å². The molecule has 10 aromatic rings. The van der Waals surface area contributed by atoms with Crippen LogP contribution < -0.4 is 4.90 Å². The summed E-state index contributed by atoms with van der Waals surface area (Å²) in [6.45, 7) is 7.16. The van der Waals surface area contributed by atoms with Crippen LogP contribution in [0.3, 0.4) is 0 Å². The molecule has 2 aliphatic rings. The summed E-state index contributed by atoms with van der Waals surface area (Å²) in [5.41, 5.74) is 22.2. The van der Waals surface area contributed by atoms with Gasteiger partial charge in [-0.25, -0.2) is 0 Å². The van der Waals surface area contributed by atoms with Gasteiger partial charge >= 0.3 is 0 Å². The Bertz CT molecular complexity index is 3390. The fourth-order valence-corrected chi connectivity index (χ4v) is 11.0. The molecule has 304 valence electrons. The number of hydrogen-bond acceptors (Lipinski definition) is 1. The Morgan fingerprint density at radius 3 is 1.58 bits per heavy atom. The van der Waals surface area contributed by atoms with Crippen molar-refractivity contribution in [3.8, 4) is 55.6 Å². The van der Waals surface area contributed by atoms with Gasteiger partial charge in [-0.15, -0.1) is 0 Å². The van der Waals surface area contributed by atoms with Crippen LogP contribution in [0.15, 0.2) is 231 Å². The molecule has 0 bridgehead atoms. The lowest BCUT2D eigenvalue weighted by atomic mass is 9.74. The maximum Gasteiger partial charge on any atom is 0.0465 e. The highest BCUT2D eigenvalue weighted by molar-refractivity contribution is 5.98. The van der Waals surface area contributed by atoms with Crippen molar-refractivity contribution in [3.05, 3.63) is 258 Å². The average Bonchev–Trinajstić information content (AvgIpc) is 3.75. The number of nitrogens with zero attached hydrogens (tertiary/aromatic N) is 1. The maximum absolute atomic E-state index is 2.48. The van der Waals surface area contributed by atoms with Crippen molar-refractivity contribution < 1.29 is 0 Å². The van der Waals surface area contributed by atoms with Crippen molar-refractivity contribution >= 4 is 27.8 Å². The number of benzene rings is 10. The second-order valence-electron chi connectivity index (χ2n) is 18.2. The van der Waals surface area contributed by atoms with Crippen molar-refractivity contribution in [2.45, 2.75) is 31.6 Å². The first-order valence-electron chi connectivity index (χ1n) is 22.5. The van der Waals surface area contributed by atoms with E-state index in [1.54, 1.807) is 0 Å². The third-order valence-corrected chi connectivity index (χ3v) is 14.4. The predicted molar refractivity (Wildman–Crippen MR) is 270 cm³/mol. The van der Waals surface area contributed by atoms with Crippen LogP contribution in [0, 0.1) is 0 Å². The molecule has 1 unspecified atom stereocenters. The molecule has 0 N–H and O–H groups in total. The van der Waals surface area contributed by atoms with E-state index in [2.05, 4.69) is 256 Å². The van der Waals surface area contributed by atoms with Gasteiger partial charge in [0.05, 0.1) is 0 Å². The summed E-state index contributed by atoms with van der Waals surface area (Å²) in [6, 6.07) is 85.5. The summed E-state index contributed by atoms with van der Waals surface area (Å²) in [5, 5.41) is 2.53. The Labute approximate surface area is 376 Å². The van der Waals surface area contributed by atoms with Gasteiger partial charge in [-0.1, -0.05) is 208 Å². The van der Waals surface area contributed by atoms with E-state index in [0.717, 1.165) is 17.1 Å². The predicted octanol–water partition coefficient (Wildman–Crippen LogP) is 17.0. The molecule has 0 saturated carbocycles. The van der Waals surface area contributed by atoms with Crippen LogP contribution in [0.5, 0.6) is 0 Å². The van der Waals surface area contributed by atoms with Crippen LogP contribution >= 0.6 is 0 Å². The summed E-state index contributed by atoms with van der Waals surface area (Å²) in [7, 11) is 0. The molecule has 1 nitrogen and oxygen atoms in total. The summed E-state index contributed by atoms with van der Waals surface area (Å²) in [6.07, 6.45) is 0. The Balaban J connectivity index is 1.00. The minimum atomic E-state index is -0.373. The normalized spacial score (nSPS) is 15.3. The van der Waals surface area contributed by atoms with Crippen molar-refractivity contribution in [1.29, 1.82) is 0 Å². The fourth-order valence-electron chi connectivity index (χ4n) is 11.0. The highest BCUT2D eigenvalue weighted by atomic mass is 15.1. The third kappa shape index (κ3) is 5.85. The first kappa shape index (κ1) is 38.0. The second-order valence-corrected chi connectivity index (χ2v) is 18.2. The van der Waals surface area contributed by atoms with Crippen molar-refractivity contribution in [3.63, 3.8) is 0 Å². The third-order valence-electron chi connectivity index (χ3n) is 14.4. The van der Waals surface area contributed by atoms with E-state index < -0.39 is 0 Å². The summed E-state index contributed by atoms with van der Waals surface area (Å²) in [5.74, 6) is 0. The number of hydrogen-bond donors (Lipinski definition) is 0. The molecule has 64 heavy (non-hydrogen) atoms. The van der Waals surface area contributed by atoms with Gasteiger partial charge in [0.25, 0.3) is 0 Å². The van der Waals surface area contributed by atoms with Gasteiger partial charge in [0, 0.05) is 27.9 Å². The number of anilines is 3. The minimum absolute atomic E-state index is 0.130. The van der Waals surface area contributed by atoms with Crippen molar-refractivity contribution in [1.82, 2.24) is 0 Å². The highest BCUT2D eigenvalue weighted by Gasteiger charge is 2.42. The molecule has 0 amide bonds. The first-order valence-corrected chi connectivity index (χ1v) is 22.5. The van der Waals surface area contributed by atoms with Gasteiger partial charge in [0.2, 0.25) is 0 Å². The first-order chi connectivity index (χ1) is 31.4. The van der Waals surface area contributed by atoms with Crippen LogP contribution in [-0.4, -0.2) is 0 Å². The zero-order valence-corrected chi connectivity index (χ0v) is 36.4. The number of rotatable bonds is 7. The van der Waals surface area contributed by atoms with E-state index in [1.165, 1.54) is 94.2 Å². The van der Waals surface area contributed by atoms with E-state index >= 15 is 0 Å². The van der Waals surface area contributed by atoms with E-state index in [-0.39, 0.29) is 10.8 Å². The quantitative estimate of drug-likeness (QED) is 0.155. The van der Waals surface area contributed by atoms with Gasteiger partial charge < -0.3 is 4.90 Å². The molecular weight excluding hydrogens is 771 g/mol. The molecule has 0 saturated heterocycles. The standard InChI is InChI=1S/C63H47N/c1-62(2)57-26-13-12-23-54(57)55-38-36-49(40-59(55)62)64(48-34-32-43(33-35-48)42-28-30-46(31-29-42)52-24-14-19-44-18-10-11-22-51(44)52)50-37-39-56-60(41-50)63(3,47-20-8-5-9-21-47)58-27-15-25-53(61(56)58)45-16-6-4-7-17-45/h4-41H,1-3H3. The molecule has 0 radical (unpaired) electrons. The fraction of sp³-hybridized carbons (Fsp3) is 0.0794. The summed E-state index contributed by atoms with van der Waals surface area (Å²) >= 11 is 0. The van der Waals surface area contributed by atoms with Crippen molar-refractivity contribution in [2.75, 3.05) is 4.90 Å². The molecule has 0 spiro atoms. The SMILES string of the molecule is CC1(C)c2ccccc2-c2ccc(N(c3ccc(-c4ccc(-c5cccc6ccccc56)cc4)cc3)c3ccc4c(c3)C(C)(c3ccccc3)c3cccc(-c5ccccc5)c3-4)cc21. The lowest BCUT2D eigenvalue weighted by molar-refractivity contribution is 0.660. The summed E-state index contributed by atoms with van der Waals surface area (Å²) in [4.78, 5) is 2.47. The molecule has 12 rings (SSSR count). The zero-order chi connectivity index (χ0) is 43.0. The topological polar surface area (TPSA) is 3.24 Å². The minimum Gasteiger partial charge on any atom is -0.310 e. The Hall–Kier alpha value is -7.74. The Kier molecular flexibility index (Phi) is 8.71. The highest BCUT2D eigenvalue weighted by Crippen LogP contribution is 2.57. The van der Waals surface area contributed by atoms with Crippen LogP contribution in [-0.2, 0) is 10.8 Å². The van der Waals surface area contributed by atoms with E-state index in [9.17, 15) is 0 Å². The molecule has 0 heterocycles. The van der Waals surface area contributed by atoms with Crippen LogP contribution in [0.25, 0.3) is 66.4 Å². The molecule has 0 aromatic heterocycles. The van der Waals surface area contributed by atoms with Crippen LogP contribution in [0.2, 0.25) is 0 Å². The summed E-state index contributed by atoms with van der Waals surface area (Å²) < 4.78 is 0. The smallest absolute Gasteiger partial charge is 0.0465 e. The van der Waals surface area contributed by atoms with E-state index in [0.29, 0.717) is 0 Å². The van der Waals surface area contributed by atoms with Gasteiger partial charge in [0.1, 0.15) is 0 Å². The van der Waals surface area contributed by atoms with Crippen LogP contribution in [0.1, 0.15) is 48.6 Å². The molecule has 2 aliphatic carbocycles. The van der Waals surface area contributed by atoms with Gasteiger partial charge in [-0.05, 0) is 138 Å². The van der Waals surface area contributed by atoms with Gasteiger partial charge in [0.15, 0.2) is 0 Å². The second kappa shape index (κ2) is 14.7. The molecule has 10 aromatic carbocycles. The Morgan fingerprint density at radius 1 is 0.312 bits per heavy atom. The molecule has 1 heteroatoms. The Morgan fingerprint density at radius 2 is 0.812 bits per heavy atom. The van der Waals surface area contributed by atoms with E-state index in [1.807, 2.05) is 0 Å². The van der Waals surface area contributed by atoms with E-state index in [4.69, 9.17) is 0 Å². The largest absolute Gasteiger partial charge is 0.310 e. The lowest BCUT2D eigenvalue weighted by Gasteiger charge is -2.31. The van der Waals surface area contributed by atoms with Gasteiger partial charge in [-0.3, -0.25) is 0 Å². The average molecular weight is 818 g/mol. The monoisotopic (exact) mass is 817 g/mol. The molecule has 0 fully saturated rings. The van der Waals surface area contributed by atoms with Crippen LogP contribution in [0.4, 0.5) is 17.1 Å². The zero-order valence-electron chi connectivity index (χ0n) is 36.4. The molecule has 1 atom stereocenters. The molecular formula is C63H47N. The molecule has 0 aliphatic heterocycles. The lowest BCUT2D eigenvalue weighted by Crippen LogP contribution is -2.23. The van der Waals surface area contributed by atoms with Crippen molar-refractivity contribution in [2.24, 2.45) is 0 Å². The number of fused-ring (bicyclic) bond motifs is 7.